The zero-order chi connectivity index (χ0) is 87.9. The predicted molar refractivity (Wildman–Crippen MR) is 529 cm³/mol. The Bertz CT molecular complexity index is 6730. The Hall–Kier alpha value is -17.0. The smallest absolute Gasteiger partial charge is 0.164 e. The molecular weight excluding hydrogens is 1570 g/mol. The Kier molecular flexibility index (Phi) is 26.8. The van der Waals surface area contributed by atoms with E-state index in [0.29, 0.717) is 34.9 Å². The molecule has 5 heterocycles. The van der Waals surface area contributed by atoms with E-state index in [1.165, 1.54) is 44.5 Å². The molecule has 0 N–H and O–H groups in total. The lowest BCUT2D eigenvalue weighted by Crippen LogP contribution is -2.00. The van der Waals surface area contributed by atoms with E-state index < -0.39 is 0 Å². The lowest BCUT2D eigenvalue weighted by molar-refractivity contribution is 0.891. The molecule has 16 aromatic carbocycles. The van der Waals surface area contributed by atoms with E-state index in [1.807, 2.05) is 223 Å². The minimum Gasteiger partial charge on any atom is -0.296 e. The van der Waals surface area contributed by atoms with Gasteiger partial charge in [-0.15, -0.1) is 0 Å². The molecule has 0 spiro atoms. The summed E-state index contributed by atoms with van der Waals surface area (Å²) in [5, 5.41) is 4.94. The molecule has 620 valence electrons. The molecule has 0 atom stereocenters. The van der Waals surface area contributed by atoms with Gasteiger partial charge in [-0.2, -0.15) is 5.10 Å². The van der Waals surface area contributed by atoms with Gasteiger partial charge in [0.1, 0.15) is 5.82 Å². The summed E-state index contributed by atoms with van der Waals surface area (Å²) >= 11 is 0. The summed E-state index contributed by atoms with van der Waals surface area (Å²) in [6.45, 7) is 10.5. The maximum absolute atomic E-state index is 4.94. The van der Waals surface area contributed by atoms with Crippen molar-refractivity contribution < 1.29 is 0 Å². The van der Waals surface area contributed by atoms with Crippen LogP contribution in [0.1, 0.15) is 28.1 Å². The first-order chi connectivity index (χ1) is 63.5. The first-order valence-electron chi connectivity index (χ1n) is 43.1. The van der Waals surface area contributed by atoms with Crippen LogP contribution in [0.15, 0.2) is 467 Å². The average molecular weight is 1670 g/mol. The van der Waals surface area contributed by atoms with Crippen LogP contribution in [-0.2, 0) is 0 Å². The van der Waals surface area contributed by atoms with Gasteiger partial charge < -0.3 is 0 Å². The molecule has 21 rings (SSSR count). The molecule has 0 radical (unpaired) electrons. The van der Waals surface area contributed by atoms with Crippen LogP contribution in [0.4, 0.5) is 0 Å². The highest BCUT2D eigenvalue weighted by Gasteiger charge is 2.22. The van der Waals surface area contributed by atoms with Crippen molar-refractivity contribution in [3.8, 4) is 170 Å². The number of aryl methyl sites for hydroxylation is 4. The summed E-state index contributed by atoms with van der Waals surface area (Å²) in [5.74, 6) is 5.81. The van der Waals surface area contributed by atoms with Crippen molar-refractivity contribution in [1.29, 1.82) is 0 Å². The maximum atomic E-state index is 4.94. The van der Waals surface area contributed by atoms with Gasteiger partial charge in [-0.3, -0.25) is 4.57 Å². The zero-order valence-corrected chi connectivity index (χ0v) is 72.3. The van der Waals surface area contributed by atoms with E-state index in [4.69, 9.17) is 50.0 Å². The molecular formula is C117H92N12. The second-order valence-electron chi connectivity index (χ2n) is 31.0. The van der Waals surface area contributed by atoms with Crippen LogP contribution in [0.3, 0.4) is 0 Å². The van der Waals surface area contributed by atoms with Crippen LogP contribution in [0.25, 0.3) is 170 Å². The highest BCUT2D eigenvalue weighted by Crippen LogP contribution is 2.38. The average Bonchev–Trinajstić information content (AvgIpc) is 1.65. The summed E-state index contributed by atoms with van der Waals surface area (Å²) in [5.41, 5.74) is 29.3. The van der Waals surface area contributed by atoms with Crippen molar-refractivity contribution in [2.24, 2.45) is 0 Å². The first kappa shape index (κ1) is 84.3. The lowest BCUT2D eigenvalue weighted by Gasteiger charge is -2.12. The fourth-order valence-corrected chi connectivity index (χ4v) is 15.1. The number of imidazole rings is 1. The quantitative estimate of drug-likeness (QED) is 0.0919. The molecule has 0 unspecified atom stereocenters. The van der Waals surface area contributed by atoms with Gasteiger partial charge in [0, 0.05) is 83.6 Å². The minimum atomic E-state index is 0.670. The van der Waals surface area contributed by atoms with Gasteiger partial charge in [-0.1, -0.05) is 453 Å². The molecule has 0 saturated carbocycles. The van der Waals surface area contributed by atoms with Crippen molar-refractivity contribution in [2.45, 2.75) is 34.6 Å². The van der Waals surface area contributed by atoms with Crippen molar-refractivity contribution in [2.75, 3.05) is 0 Å². The zero-order valence-electron chi connectivity index (χ0n) is 72.3. The van der Waals surface area contributed by atoms with E-state index in [1.54, 1.807) is 0 Å². The van der Waals surface area contributed by atoms with E-state index in [-0.39, 0.29) is 0 Å². The Labute approximate surface area is 753 Å². The predicted octanol–water partition coefficient (Wildman–Crippen LogP) is 28.8. The van der Waals surface area contributed by atoms with Crippen molar-refractivity contribution in [3.63, 3.8) is 0 Å². The third kappa shape index (κ3) is 20.9. The van der Waals surface area contributed by atoms with Crippen LogP contribution >= 0.6 is 0 Å². The second kappa shape index (κ2) is 41.0. The van der Waals surface area contributed by atoms with E-state index in [9.17, 15) is 0 Å². The van der Waals surface area contributed by atoms with Crippen LogP contribution < -0.4 is 0 Å². The van der Waals surface area contributed by atoms with Gasteiger partial charge in [0.2, 0.25) is 0 Å². The number of benzene rings is 16. The fourth-order valence-electron chi connectivity index (χ4n) is 15.1. The van der Waals surface area contributed by atoms with Crippen molar-refractivity contribution >= 4 is 0 Å². The SMILES string of the molecule is Cc1c(-c2ccccc2)nn(-c2ccccc2)c1-c1ccccc1.Cc1ccc(-c2ccc(-c3nc(-c4ccccc4)nc(-c4ccccc4)n3)cc2)cc1.Cc1ccc(-c2nc(-c3ccccc3)cc(-c3ccccc3)n2)cc1.Cc1ccc(-c2nc(-c3ccccc3)nc(-c3ccccc3)n2)cc1.Cc1nc(-c2ccccc2)c(-c2ccccc2)n1-c1ccccc1. The van der Waals surface area contributed by atoms with Gasteiger partial charge >= 0.3 is 0 Å². The van der Waals surface area contributed by atoms with Gasteiger partial charge in [0.05, 0.1) is 39.9 Å². The summed E-state index contributed by atoms with van der Waals surface area (Å²) in [4.78, 5) is 43.0. The van der Waals surface area contributed by atoms with Gasteiger partial charge in [-0.25, -0.2) is 49.5 Å². The number of hydrogen-bond donors (Lipinski definition) is 0. The highest BCUT2D eigenvalue weighted by atomic mass is 15.3. The molecule has 12 nitrogen and oxygen atoms in total. The Morgan fingerprint density at radius 2 is 0.395 bits per heavy atom. The molecule has 129 heavy (non-hydrogen) atoms. The topological polar surface area (TPSA) is 139 Å². The van der Waals surface area contributed by atoms with E-state index >= 15 is 0 Å². The molecule has 0 aliphatic heterocycles. The second-order valence-corrected chi connectivity index (χ2v) is 31.0. The molecule has 0 aliphatic carbocycles. The van der Waals surface area contributed by atoms with Crippen LogP contribution in [0.5, 0.6) is 0 Å². The van der Waals surface area contributed by atoms with Crippen molar-refractivity contribution in [3.05, 3.63) is 495 Å². The molecule has 0 saturated heterocycles. The Morgan fingerprint density at radius 1 is 0.171 bits per heavy atom. The van der Waals surface area contributed by atoms with Crippen LogP contribution in [0.2, 0.25) is 0 Å². The summed E-state index contributed by atoms with van der Waals surface area (Å²) in [6.07, 6.45) is 0. The third-order valence-corrected chi connectivity index (χ3v) is 21.8. The number of aromatic nitrogens is 12. The molecule has 0 amide bonds. The number of rotatable bonds is 16. The summed E-state index contributed by atoms with van der Waals surface area (Å²) in [7, 11) is 0. The fraction of sp³-hybridized carbons (Fsp3) is 0.0427. The summed E-state index contributed by atoms with van der Waals surface area (Å²) in [6, 6.07) is 159. The molecule has 21 aromatic rings. The monoisotopic (exact) mass is 1660 g/mol. The third-order valence-electron chi connectivity index (χ3n) is 21.8. The normalized spacial score (nSPS) is 10.7. The van der Waals surface area contributed by atoms with Gasteiger partial charge in [0.15, 0.2) is 40.8 Å². The van der Waals surface area contributed by atoms with Gasteiger partial charge in [0.25, 0.3) is 0 Å². The van der Waals surface area contributed by atoms with E-state index in [2.05, 4.69) is 288 Å². The maximum Gasteiger partial charge on any atom is 0.164 e. The van der Waals surface area contributed by atoms with Crippen LogP contribution in [0, 0.1) is 34.6 Å². The number of nitrogens with zero attached hydrogens (tertiary/aromatic N) is 12. The number of para-hydroxylation sites is 2. The Morgan fingerprint density at radius 3 is 0.713 bits per heavy atom. The molecule has 0 fully saturated rings. The van der Waals surface area contributed by atoms with Gasteiger partial charge in [-0.05, 0) is 76.1 Å². The lowest BCUT2D eigenvalue weighted by atomic mass is 10.0. The highest BCUT2D eigenvalue weighted by molar-refractivity contribution is 5.82. The largest absolute Gasteiger partial charge is 0.296 e. The molecule has 0 aliphatic rings. The van der Waals surface area contributed by atoms with Crippen molar-refractivity contribution in [1.82, 2.24) is 59.2 Å². The van der Waals surface area contributed by atoms with Crippen LogP contribution in [-0.4, -0.2) is 59.2 Å². The molecule has 0 bridgehead atoms. The van der Waals surface area contributed by atoms with E-state index in [0.717, 1.165) is 118 Å². The standard InChI is InChI=1S/C28H21N3.C23H18N2.C22H17N3.2C22H18N2/c1-20-12-14-21(15-13-20)22-16-18-25(19-17-22)28-30-26(23-8-4-2-5-9-23)29-27(31-28)24-10-6-3-7-11-24;1-17-12-14-20(15-13-17)23-24-21(18-8-4-2-5-9-18)16-22(25-23)19-10-6-3-7-11-19;1-16-12-14-19(15-13-16)22-24-20(17-8-4-2-5-9-17)23-21(25-22)18-10-6-3-7-11-18;1-17-23-21(18-11-5-2-6-12-18)22(19-13-7-3-8-14-19)24(17)20-15-9-4-10-16-20;1-17-21(18-11-5-2-6-12-18)23-24(20-15-9-4-10-16-20)22(17)19-13-7-3-8-14-19/h2-19H,1H3;2-16H,1H3;2-15H,1H3;2*2-16H,1H3. The summed E-state index contributed by atoms with van der Waals surface area (Å²) < 4.78 is 4.28. The minimum absolute atomic E-state index is 0.670. The first-order valence-corrected chi connectivity index (χ1v) is 43.1. The molecule has 5 aromatic heterocycles. The molecule has 12 heteroatoms. The number of hydrogen-bond acceptors (Lipinski definition) is 10. The Balaban J connectivity index is 0.000000114.